The smallest absolute Gasteiger partial charge is 0.275 e. The molecular formula is C18H16Br2N2O3. The molecule has 25 heavy (non-hydrogen) atoms. The molecule has 5 nitrogen and oxygen atoms in total. The van der Waals surface area contributed by atoms with Crippen LogP contribution in [0, 0.1) is 0 Å². The van der Waals surface area contributed by atoms with E-state index in [1.165, 1.54) is 6.21 Å². The highest BCUT2D eigenvalue weighted by molar-refractivity contribution is 9.10. The van der Waals surface area contributed by atoms with Gasteiger partial charge in [0, 0.05) is 14.5 Å². The Labute approximate surface area is 163 Å². The molecule has 1 amide bonds. The summed E-state index contributed by atoms with van der Waals surface area (Å²) in [5.74, 6) is 0.722. The monoisotopic (exact) mass is 466 g/mol. The van der Waals surface area contributed by atoms with Crippen LogP contribution in [0.25, 0.3) is 0 Å². The molecule has 0 atom stereocenters. The summed E-state index contributed by atoms with van der Waals surface area (Å²) >= 11 is 6.74. The predicted molar refractivity (Wildman–Crippen MR) is 106 cm³/mol. The van der Waals surface area contributed by atoms with Gasteiger partial charge in [-0.2, -0.15) is 5.10 Å². The topological polar surface area (TPSA) is 59.9 Å². The van der Waals surface area contributed by atoms with E-state index in [1.54, 1.807) is 31.4 Å². The number of amides is 1. The van der Waals surface area contributed by atoms with E-state index in [0.29, 0.717) is 23.7 Å². The second kappa shape index (κ2) is 9.39. The van der Waals surface area contributed by atoms with Crippen LogP contribution in [0.2, 0.25) is 0 Å². The van der Waals surface area contributed by atoms with Crippen molar-refractivity contribution in [1.29, 1.82) is 0 Å². The first-order valence-electron chi connectivity index (χ1n) is 7.25. The van der Waals surface area contributed by atoms with Crippen molar-refractivity contribution in [2.45, 2.75) is 0 Å². The quantitative estimate of drug-likeness (QED) is 0.369. The predicted octanol–water partition coefficient (Wildman–Crippen LogP) is 4.55. The number of halogens is 2. The number of methoxy groups -OCH3 is 1. The number of carbonyl (C=O) groups excluding carboxylic acids is 1. The Morgan fingerprint density at radius 3 is 2.56 bits per heavy atom. The maximum atomic E-state index is 12.4. The Balaban J connectivity index is 2.16. The molecule has 2 rings (SSSR count). The minimum absolute atomic E-state index is 0.306. The summed E-state index contributed by atoms with van der Waals surface area (Å²) in [5.41, 5.74) is 3.60. The normalized spacial score (nSPS) is 10.5. The molecule has 7 heteroatoms. The third kappa shape index (κ3) is 5.44. The van der Waals surface area contributed by atoms with Crippen LogP contribution in [-0.4, -0.2) is 25.8 Å². The van der Waals surface area contributed by atoms with Crippen molar-refractivity contribution < 1.29 is 14.3 Å². The number of rotatable bonds is 7. The first-order valence-corrected chi connectivity index (χ1v) is 8.84. The summed E-state index contributed by atoms with van der Waals surface area (Å²) in [6.07, 6.45) is 3.13. The zero-order chi connectivity index (χ0) is 18.2. The zero-order valence-electron chi connectivity index (χ0n) is 13.5. The van der Waals surface area contributed by atoms with Crippen LogP contribution in [0.1, 0.15) is 15.9 Å². The van der Waals surface area contributed by atoms with Gasteiger partial charge in [0.1, 0.15) is 18.1 Å². The van der Waals surface area contributed by atoms with Gasteiger partial charge in [0.15, 0.2) is 0 Å². The van der Waals surface area contributed by atoms with Crippen molar-refractivity contribution in [3.05, 3.63) is 69.1 Å². The molecule has 0 aromatic heterocycles. The number of hydrogen-bond donors (Lipinski definition) is 1. The zero-order valence-corrected chi connectivity index (χ0v) is 16.6. The average molecular weight is 468 g/mol. The number of nitrogens with zero attached hydrogens (tertiary/aromatic N) is 1. The SMILES string of the molecule is C=CCOc1ccc(Br)cc1C(=O)N/N=C/c1cc(Br)ccc1OC. The molecule has 130 valence electrons. The highest BCUT2D eigenvalue weighted by atomic mass is 79.9. The lowest BCUT2D eigenvalue weighted by Crippen LogP contribution is -2.19. The van der Waals surface area contributed by atoms with Crippen LogP contribution in [0.5, 0.6) is 11.5 Å². The fraction of sp³-hybridized carbons (Fsp3) is 0.111. The van der Waals surface area contributed by atoms with Crippen molar-refractivity contribution in [2.24, 2.45) is 5.10 Å². The van der Waals surface area contributed by atoms with E-state index < -0.39 is 0 Å². The van der Waals surface area contributed by atoms with Crippen LogP contribution >= 0.6 is 31.9 Å². The van der Waals surface area contributed by atoms with E-state index in [9.17, 15) is 4.79 Å². The van der Waals surface area contributed by atoms with Crippen molar-refractivity contribution in [1.82, 2.24) is 5.43 Å². The molecule has 0 saturated heterocycles. The Bertz CT molecular complexity index is 807. The fourth-order valence-electron chi connectivity index (χ4n) is 1.98. The number of nitrogens with one attached hydrogen (secondary N) is 1. The van der Waals surface area contributed by atoms with Crippen LogP contribution in [0.3, 0.4) is 0 Å². The summed E-state index contributed by atoms with van der Waals surface area (Å²) in [7, 11) is 1.57. The Morgan fingerprint density at radius 2 is 1.88 bits per heavy atom. The lowest BCUT2D eigenvalue weighted by atomic mass is 10.2. The van der Waals surface area contributed by atoms with Crippen molar-refractivity contribution in [3.63, 3.8) is 0 Å². The van der Waals surface area contributed by atoms with Gasteiger partial charge in [-0.1, -0.05) is 44.5 Å². The Morgan fingerprint density at radius 1 is 1.20 bits per heavy atom. The number of hydrazone groups is 1. The molecule has 0 aliphatic rings. The van der Waals surface area contributed by atoms with Crippen molar-refractivity contribution in [3.8, 4) is 11.5 Å². The maximum Gasteiger partial charge on any atom is 0.275 e. The molecule has 2 aromatic carbocycles. The molecule has 0 fully saturated rings. The van der Waals surface area contributed by atoms with Crippen LogP contribution in [0.4, 0.5) is 0 Å². The number of benzene rings is 2. The van der Waals surface area contributed by atoms with Gasteiger partial charge in [-0.25, -0.2) is 5.43 Å². The number of hydrogen-bond acceptors (Lipinski definition) is 4. The molecule has 0 spiro atoms. The first kappa shape index (κ1) is 19.2. The second-order valence-corrected chi connectivity index (χ2v) is 6.66. The molecule has 0 saturated carbocycles. The van der Waals surface area contributed by atoms with Crippen LogP contribution in [0.15, 0.2) is 63.1 Å². The van der Waals surface area contributed by atoms with Gasteiger partial charge in [-0.15, -0.1) is 0 Å². The van der Waals surface area contributed by atoms with Crippen molar-refractivity contribution >= 4 is 44.0 Å². The molecule has 1 N–H and O–H groups in total. The largest absolute Gasteiger partial charge is 0.496 e. The van der Waals surface area contributed by atoms with Gasteiger partial charge in [0.05, 0.1) is 18.9 Å². The van der Waals surface area contributed by atoms with Gasteiger partial charge in [0.25, 0.3) is 5.91 Å². The lowest BCUT2D eigenvalue weighted by molar-refractivity contribution is 0.0951. The molecule has 2 aromatic rings. The van der Waals surface area contributed by atoms with Crippen LogP contribution in [-0.2, 0) is 0 Å². The summed E-state index contributed by atoms with van der Waals surface area (Å²) in [5, 5.41) is 4.00. The average Bonchev–Trinajstić information content (AvgIpc) is 2.60. The van der Waals surface area contributed by atoms with Gasteiger partial charge in [-0.05, 0) is 36.4 Å². The highest BCUT2D eigenvalue weighted by Crippen LogP contribution is 2.24. The maximum absolute atomic E-state index is 12.4. The summed E-state index contributed by atoms with van der Waals surface area (Å²) in [4.78, 5) is 12.4. The van der Waals surface area contributed by atoms with E-state index in [4.69, 9.17) is 9.47 Å². The van der Waals surface area contributed by atoms with E-state index in [2.05, 4.69) is 49.0 Å². The molecule has 0 aliphatic heterocycles. The van der Waals surface area contributed by atoms with Crippen LogP contribution < -0.4 is 14.9 Å². The second-order valence-electron chi connectivity index (χ2n) is 4.83. The molecule has 0 heterocycles. The van der Waals surface area contributed by atoms with Gasteiger partial charge < -0.3 is 9.47 Å². The summed E-state index contributed by atoms with van der Waals surface area (Å²) in [6, 6.07) is 10.7. The van der Waals surface area contributed by atoms with E-state index in [0.717, 1.165) is 14.5 Å². The van der Waals surface area contributed by atoms with E-state index >= 15 is 0 Å². The molecule has 0 aliphatic carbocycles. The van der Waals surface area contributed by atoms with Gasteiger partial charge in [0.2, 0.25) is 0 Å². The molecule has 0 unspecified atom stereocenters. The standard InChI is InChI=1S/C18H16Br2N2O3/c1-3-8-25-17-7-5-14(20)10-15(17)18(23)22-21-11-12-9-13(19)4-6-16(12)24-2/h3-7,9-11H,1,8H2,2H3,(H,22,23)/b21-11+. The minimum atomic E-state index is -0.384. The van der Waals surface area contributed by atoms with E-state index in [-0.39, 0.29) is 5.91 Å². The van der Waals surface area contributed by atoms with Gasteiger partial charge in [-0.3, -0.25) is 4.79 Å². The minimum Gasteiger partial charge on any atom is -0.496 e. The fourth-order valence-corrected chi connectivity index (χ4v) is 2.72. The lowest BCUT2D eigenvalue weighted by Gasteiger charge is -2.09. The Hall–Kier alpha value is -2.12. The third-order valence-corrected chi connectivity index (χ3v) is 4.09. The Kier molecular flexibility index (Phi) is 7.21. The summed E-state index contributed by atoms with van der Waals surface area (Å²) in [6.45, 7) is 3.91. The first-order chi connectivity index (χ1) is 12.0. The molecule has 0 radical (unpaired) electrons. The third-order valence-electron chi connectivity index (χ3n) is 3.10. The van der Waals surface area contributed by atoms with Crippen molar-refractivity contribution in [2.75, 3.05) is 13.7 Å². The highest BCUT2D eigenvalue weighted by Gasteiger charge is 2.12. The van der Waals surface area contributed by atoms with Gasteiger partial charge >= 0.3 is 0 Å². The number of ether oxygens (including phenoxy) is 2. The molecule has 0 bridgehead atoms. The summed E-state index contributed by atoms with van der Waals surface area (Å²) < 4.78 is 12.4. The molecular weight excluding hydrogens is 452 g/mol. The number of carbonyl (C=O) groups is 1. The van der Waals surface area contributed by atoms with E-state index in [1.807, 2.05) is 18.2 Å².